The summed E-state index contributed by atoms with van der Waals surface area (Å²) in [6.07, 6.45) is 1.68. The minimum Gasteiger partial charge on any atom is -0.506 e. The number of nitrogens with zero attached hydrogens (tertiary/aromatic N) is 2. The van der Waals surface area contributed by atoms with Crippen molar-refractivity contribution < 1.29 is 5.11 Å². The number of phenolic OH excluding ortho intramolecular Hbond substituents is 1. The number of aryl methyl sites for hydroxylation is 2. The van der Waals surface area contributed by atoms with Crippen molar-refractivity contribution in [3.63, 3.8) is 0 Å². The van der Waals surface area contributed by atoms with Crippen LogP contribution in [0.2, 0.25) is 0 Å². The first-order valence-corrected chi connectivity index (χ1v) is 6.83. The Morgan fingerprint density at radius 3 is 2.67 bits per heavy atom. The van der Waals surface area contributed by atoms with Gasteiger partial charge in [0.05, 0.1) is 17.4 Å². The van der Waals surface area contributed by atoms with E-state index in [-0.39, 0.29) is 5.75 Å². The van der Waals surface area contributed by atoms with Gasteiger partial charge in [-0.1, -0.05) is 23.8 Å². The van der Waals surface area contributed by atoms with Crippen LogP contribution in [-0.4, -0.2) is 16.3 Å². The molecule has 1 aromatic heterocycles. The first-order valence-electron chi connectivity index (χ1n) is 6.83. The van der Waals surface area contributed by atoms with E-state index in [4.69, 9.17) is 0 Å². The van der Waals surface area contributed by atoms with Crippen LogP contribution in [0.5, 0.6) is 5.75 Å². The van der Waals surface area contributed by atoms with Gasteiger partial charge in [0.25, 0.3) is 0 Å². The molecule has 0 radical (unpaired) electrons. The van der Waals surface area contributed by atoms with Gasteiger partial charge in [-0.15, -0.1) is 0 Å². The van der Waals surface area contributed by atoms with Gasteiger partial charge >= 0.3 is 0 Å². The number of aliphatic imine (C=N–C) groups is 1. The summed E-state index contributed by atoms with van der Waals surface area (Å²) >= 11 is 0. The van der Waals surface area contributed by atoms with E-state index in [1.807, 2.05) is 18.2 Å². The van der Waals surface area contributed by atoms with E-state index in [2.05, 4.69) is 36.0 Å². The van der Waals surface area contributed by atoms with Gasteiger partial charge in [0.1, 0.15) is 11.4 Å². The molecule has 0 bridgehead atoms. The maximum Gasteiger partial charge on any atom is 0.141 e. The second-order valence-corrected chi connectivity index (χ2v) is 5.13. The maximum absolute atomic E-state index is 9.71. The lowest BCUT2D eigenvalue weighted by Crippen LogP contribution is -1.92. The van der Waals surface area contributed by atoms with Crippen LogP contribution < -0.4 is 0 Å². The van der Waals surface area contributed by atoms with Crippen LogP contribution in [0.4, 0.5) is 5.69 Å². The van der Waals surface area contributed by atoms with Crippen molar-refractivity contribution in [2.24, 2.45) is 4.99 Å². The molecule has 21 heavy (non-hydrogen) atoms. The molecule has 2 aromatic carbocycles. The maximum atomic E-state index is 9.71. The Bertz CT molecular complexity index is 838. The van der Waals surface area contributed by atoms with Gasteiger partial charge in [-0.25, -0.2) is 4.98 Å². The van der Waals surface area contributed by atoms with Gasteiger partial charge < -0.3 is 5.11 Å². The Balaban J connectivity index is 2.02. The predicted molar refractivity (Wildman–Crippen MR) is 86.6 cm³/mol. The lowest BCUT2D eigenvalue weighted by molar-refractivity contribution is 0.477. The van der Waals surface area contributed by atoms with Crippen molar-refractivity contribution in [3.05, 3.63) is 65.4 Å². The van der Waals surface area contributed by atoms with Crippen LogP contribution in [-0.2, 0) is 0 Å². The predicted octanol–water partition coefficient (Wildman–Crippen LogP) is 4.31. The van der Waals surface area contributed by atoms with E-state index >= 15 is 0 Å². The molecule has 0 spiro atoms. The molecule has 0 saturated heterocycles. The first kappa shape index (κ1) is 13.3. The molecule has 0 amide bonds. The molecule has 3 rings (SSSR count). The number of hydrogen-bond acceptors (Lipinski definition) is 3. The van der Waals surface area contributed by atoms with Crippen molar-refractivity contribution in [2.75, 3.05) is 0 Å². The number of fused-ring (bicyclic) bond motifs is 1. The van der Waals surface area contributed by atoms with Gasteiger partial charge in [-0.2, -0.15) is 0 Å². The highest BCUT2D eigenvalue weighted by Gasteiger charge is 2.02. The zero-order chi connectivity index (χ0) is 14.8. The van der Waals surface area contributed by atoms with E-state index in [9.17, 15) is 5.11 Å². The molecule has 3 nitrogen and oxygen atoms in total. The largest absolute Gasteiger partial charge is 0.506 e. The van der Waals surface area contributed by atoms with Crippen molar-refractivity contribution >= 4 is 22.8 Å². The highest BCUT2D eigenvalue weighted by molar-refractivity contribution is 5.89. The van der Waals surface area contributed by atoms with Crippen LogP contribution >= 0.6 is 0 Å². The fourth-order valence-electron chi connectivity index (χ4n) is 2.31. The summed E-state index contributed by atoms with van der Waals surface area (Å²) in [5, 5.41) is 10.9. The summed E-state index contributed by atoms with van der Waals surface area (Å²) in [5.74, 6) is 0.168. The standard InChI is InChI=1S/C18H16N2O/c1-12-7-8-16-15(9-12)13(2)10-14(20-16)11-19-17-5-3-4-6-18(17)21/h3-11,21H,1-2H3. The average Bonchev–Trinajstić information content (AvgIpc) is 2.47. The fourth-order valence-corrected chi connectivity index (χ4v) is 2.31. The second-order valence-electron chi connectivity index (χ2n) is 5.13. The van der Waals surface area contributed by atoms with Crippen LogP contribution in [0.1, 0.15) is 16.8 Å². The van der Waals surface area contributed by atoms with Gasteiger partial charge in [0.15, 0.2) is 0 Å². The Labute approximate surface area is 123 Å². The SMILES string of the molecule is Cc1ccc2nc(C=Nc3ccccc3O)cc(C)c2c1. The van der Waals surface area contributed by atoms with Gasteiger partial charge in [-0.05, 0) is 49.7 Å². The number of para-hydroxylation sites is 2. The lowest BCUT2D eigenvalue weighted by Gasteiger charge is -2.04. The number of phenols is 1. The number of aromatic hydroxyl groups is 1. The number of pyridine rings is 1. The Morgan fingerprint density at radius 1 is 1.05 bits per heavy atom. The van der Waals surface area contributed by atoms with E-state index in [0.717, 1.165) is 16.6 Å². The third-order valence-corrected chi connectivity index (χ3v) is 3.41. The molecule has 104 valence electrons. The monoisotopic (exact) mass is 276 g/mol. The van der Waals surface area contributed by atoms with Gasteiger partial charge in [0.2, 0.25) is 0 Å². The third-order valence-electron chi connectivity index (χ3n) is 3.41. The summed E-state index contributed by atoms with van der Waals surface area (Å²) in [6, 6.07) is 15.2. The smallest absolute Gasteiger partial charge is 0.141 e. The quantitative estimate of drug-likeness (QED) is 0.709. The number of benzene rings is 2. The third kappa shape index (κ3) is 2.77. The summed E-state index contributed by atoms with van der Waals surface area (Å²) in [7, 11) is 0. The molecule has 3 heteroatoms. The molecule has 0 aliphatic heterocycles. The van der Waals surface area contributed by atoms with E-state index < -0.39 is 0 Å². The van der Waals surface area contributed by atoms with E-state index in [0.29, 0.717) is 5.69 Å². The van der Waals surface area contributed by atoms with Crippen molar-refractivity contribution in [1.82, 2.24) is 4.98 Å². The second kappa shape index (κ2) is 5.37. The summed E-state index contributed by atoms with van der Waals surface area (Å²) < 4.78 is 0. The van der Waals surface area contributed by atoms with Gasteiger partial charge in [-0.3, -0.25) is 4.99 Å². The molecule has 0 aliphatic carbocycles. The van der Waals surface area contributed by atoms with Crippen LogP contribution in [0.3, 0.4) is 0 Å². The zero-order valence-corrected chi connectivity index (χ0v) is 12.0. The normalized spacial score (nSPS) is 11.3. The zero-order valence-electron chi connectivity index (χ0n) is 12.0. The van der Waals surface area contributed by atoms with Gasteiger partial charge in [0, 0.05) is 5.39 Å². The molecule has 0 atom stereocenters. The Morgan fingerprint density at radius 2 is 1.86 bits per heavy atom. The molecule has 0 fully saturated rings. The highest BCUT2D eigenvalue weighted by Crippen LogP contribution is 2.25. The minimum absolute atomic E-state index is 0.168. The van der Waals surface area contributed by atoms with E-state index in [1.165, 1.54) is 11.1 Å². The summed E-state index contributed by atoms with van der Waals surface area (Å²) in [5.41, 5.74) is 4.68. The molecular formula is C18H16N2O. The summed E-state index contributed by atoms with van der Waals surface area (Å²) in [4.78, 5) is 8.89. The van der Waals surface area contributed by atoms with E-state index in [1.54, 1.807) is 24.4 Å². The summed E-state index contributed by atoms with van der Waals surface area (Å²) in [6.45, 7) is 4.15. The average molecular weight is 276 g/mol. The lowest BCUT2D eigenvalue weighted by atomic mass is 10.1. The molecule has 0 unspecified atom stereocenters. The molecular weight excluding hydrogens is 260 g/mol. The fraction of sp³-hybridized carbons (Fsp3) is 0.111. The molecule has 0 saturated carbocycles. The van der Waals surface area contributed by atoms with Crippen LogP contribution in [0, 0.1) is 13.8 Å². The molecule has 1 heterocycles. The Kier molecular flexibility index (Phi) is 3.40. The minimum atomic E-state index is 0.168. The van der Waals surface area contributed by atoms with Crippen molar-refractivity contribution in [2.45, 2.75) is 13.8 Å². The van der Waals surface area contributed by atoms with Crippen molar-refractivity contribution in [1.29, 1.82) is 0 Å². The molecule has 1 N–H and O–H groups in total. The number of aromatic nitrogens is 1. The van der Waals surface area contributed by atoms with Crippen molar-refractivity contribution in [3.8, 4) is 5.75 Å². The topological polar surface area (TPSA) is 45.5 Å². The van der Waals surface area contributed by atoms with Crippen LogP contribution in [0.25, 0.3) is 10.9 Å². The Hall–Kier alpha value is -2.68. The number of rotatable bonds is 2. The molecule has 3 aromatic rings. The highest BCUT2D eigenvalue weighted by atomic mass is 16.3. The van der Waals surface area contributed by atoms with Crippen LogP contribution in [0.15, 0.2) is 53.5 Å². The first-order chi connectivity index (χ1) is 10.1. The molecule has 0 aliphatic rings. The number of hydrogen-bond donors (Lipinski definition) is 1.